The predicted octanol–water partition coefficient (Wildman–Crippen LogP) is 1.40. The summed E-state index contributed by atoms with van der Waals surface area (Å²) in [5, 5.41) is -0.892. The Labute approximate surface area is 77.7 Å². The minimum absolute atomic E-state index is 0.583. The lowest BCUT2D eigenvalue weighted by Gasteiger charge is -2.18. The maximum absolute atomic E-state index is 11.1. The highest BCUT2D eigenvalue weighted by atomic mass is 35.5. The first kappa shape index (κ1) is 11.4. The fraction of sp³-hybridized carbons (Fsp3) is 0.750. The molecule has 0 fully saturated rings. The van der Waals surface area contributed by atoms with Gasteiger partial charge in [-0.2, -0.15) is 0 Å². The molecule has 0 aromatic rings. The first-order valence-electron chi connectivity index (χ1n) is 4.12. The molecule has 0 saturated carbocycles. The third kappa shape index (κ3) is 3.72. The van der Waals surface area contributed by atoms with Gasteiger partial charge >= 0.3 is 11.1 Å². The smallest absolute Gasteiger partial charge is 0.310 e. The van der Waals surface area contributed by atoms with Crippen LogP contribution in [0.1, 0.15) is 26.7 Å². The third-order valence-electron chi connectivity index (χ3n) is 1.44. The molecule has 0 saturated heterocycles. The van der Waals surface area contributed by atoms with Crippen molar-refractivity contribution in [1.29, 1.82) is 0 Å². The maximum atomic E-state index is 11.1. The highest BCUT2D eigenvalue weighted by molar-refractivity contribution is 6.80. The minimum Gasteiger partial charge on any atom is -0.335 e. The van der Waals surface area contributed by atoms with Crippen LogP contribution in [0.2, 0.25) is 0 Å². The number of carbonyl (C=O) groups excluding carboxylic acids is 2. The molecule has 3 nitrogen and oxygen atoms in total. The van der Waals surface area contributed by atoms with Crippen LogP contribution in [0, 0.1) is 0 Å². The molecule has 4 heteroatoms. The predicted molar refractivity (Wildman–Crippen MR) is 48.0 cm³/mol. The second-order valence-corrected chi connectivity index (χ2v) is 2.91. The Hall–Kier alpha value is -0.570. The number of rotatable bonds is 5. The largest absolute Gasteiger partial charge is 0.335 e. The van der Waals surface area contributed by atoms with E-state index in [1.807, 2.05) is 13.8 Å². The van der Waals surface area contributed by atoms with Crippen molar-refractivity contribution in [1.82, 2.24) is 4.90 Å². The monoisotopic (exact) mass is 191 g/mol. The summed E-state index contributed by atoms with van der Waals surface area (Å²) >= 11 is 5.06. The van der Waals surface area contributed by atoms with Crippen LogP contribution in [-0.2, 0) is 9.59 Å². The summed E-state index contributed by atoms with van der Waals surface area (Å²) < 4.78 is 0. The SMILES string of the molecule is CCCN(CCC)C(=O)C(=O)Cl. The summed E-state index contributed by atoms with van der Waals surface area (Å²) in [7, 11) is 0. The summed E-state index contributed by atoms with van der Waals surface area (Å²) in [6, 6.07) is 0. The lowest BCUT2D eigenvalue weighted by atomic mass is 10.3. The molecule has 12 heavy (non-hydrogen) atoms. The Morgan fingerprint density at radius 1 is 1.17 bits per heavy atom. The lowest BCUT2D eigenvalue weighted by Crippen LogP contribution is -2.35. The number of nitrogens with zero attached hydrogens (tertiary/aromatic N) is 1. The molecule has 0 bridgehead atoms. The average molecular weight is 192 g/mol. The van der Waals surface area contributed by atoms with Gasteiger partial charge in [0.15, 0.2) is 0 Å². The summed E-state index contributed by atoms with van der Waals surface area (Å²) in [4.78, 5) is 23.1. The molecule has 0 heterocycles. The van der Waals surface area contributed by atoms with Crippen LogP contribution in [0.4, 0.5) is 0 Å². The third-order valence-corrected chi connectivity index (χ3v) is 1.60. The number of amides is 1. The summed E-state index contributed by atoms with van der Waals surface area (Å²) in [5.74, 6) is -0.583. The topological polar surface area (TPSA) is 37.4 Å². The van der Waals surface area contributed by atoms with Gasteiger partial charge in [-0.1, -0.05) is 13.8 Å². The first-order chi connectivity index (χ1) is 5.63. The molecule has 0 aliphatic rings. The van der Waals surface area contributed by atoms with Crippen LogP contribution >= 0.6 is 11.6 Å². The van der Waals surface area contributed by atoms with E-state index in [4.69, 9.17) is 11.6 Å². The fourth-order valence-electron chi connectivity index (χ4n) is 0.979. The van der Waals surface area contributed by atoms with Gasteiger partial charge in [-0.25, -0.2) is 0 Å². The van der Waals surface area contributed by atoms with Crippen molar-refractivity contribution >= 4 is 22.8 Å². The zero-order valence-corrected chi connectivity index (χ0v) is 8.23. The van der Waals surface area contributed by atoms with Crippen molar-refractivity contribution < 1.29 is 9.59 Å². The molecule has 0 aromatic carbocycles. The van der Waals surface area contributed by atoms with Gasteiger partial charge in [0.25, 0.3) is 0 Å². The van der Waals surface area contributed by atoms with E-state index in [2.05, 4.69) is 0 Å². The zero-order chi connectivity index (χ0) is 9.56. The van der Waals surface area contributed by atoms with E-state index in [1.54, 1.807) is 0 Å². The average Bonchev–Trinajstić information content (AvgIpc) is 2.03. The van der Waals surface area contributed by atoms with Gasteiger partial charge in [0.05, 0.1) is 0 Å². The minimum atomic E-state index is -0.892. The highest BCUT2D eigenvalue weighted by Gasteiger charge is 2.17. The molecule has 0 atom stereocenters. The van der Waals surface area contributed by atoms with E-state index in [0.29, 0.717) is 13.1 Å². The number of halogens is 1. The van der Waals surface area contributed by atoms with E-state index >= 15 is 0 Å². The van der Waals surface area contributed by atoms with Crippen molar-refractivity contribution in [2.45, 2.75) is 26.7 Å². The van der Waals surface area contributed by atoms with Crippen LogP contribution < -0.4 is 0 Å². The maximum Gasteiger partial charge on any atom is 0.310 e. The summed E-state index contributed by atoms with van der Waals surface area (Å²) in [6.45, 7) is 5.11. The molecule has 0 aliphatic carbocycles. The second kappa shape index (κ2) is 6.00. The molecule has 1 amide bonds. The number of hydrogen-bond donors (Lipinski definition) is 0. The Morgan fingerprint density at radius 3 is 1.83 bits per heavy atom. The van der Waals surface area contributed by atoms with Crippen molar-refractivity contribution in [2.75, 3.05) is 13.1 Å². The van der Waals surface area contributed by atoms with Gasteiger partial charge < -0.3 is 4.90 Å². The molecule has 70 valence electrons. The quantitative estimate of drug-likeness (QED) is 0.487. The van der Waals surface area contributed by atoms with E-state index in [0.717, 1.165) is 12.8 Å². The highest BCUT2D eigenvalue weighted by Crippen LogP contribution is 1.97. The zero-order valence-electron chi connectivity index (χ0n) is 7.47. The van der Waals surface area contributed by atoms with E-state index in [-0.39, 0.29) is 0 Å². The fourth-order valence-corrected chi connectivity index (χ4v) is 1.10. The van der Waals surface area contributed by atoms with E-state index in [9.17, 15) is 9.59 Å². The van der Waals surface area contributed by atoms with Gasteiger partial charge in [-0.05, 0) is 24.4 Å². The molecular formula is C8H14ClNO2. The van der Waals surface area contributed by atoms with Gasteiger partial charge in [0.1, 0.15) is 0 Å². The first-order valence-corrected chi connectivity index (χ1v) is 4.50. The van der Waals surface area contributed by atoms with Crippen molar-refractivity contribution in [3.05, 3.63) is 0 Å². The summed E-state index contributed by atoms with van der Waals surface area (Å²) in [6.07, 6.45) is 1.69. The van der Waals surface area contributed by atoms with Crippen LogP contribution in [0.15, 0.2) is 0 Å². The normalized spacial score (nSPS) is 9.58. The molecule has 0 aliphatic heterocycles. The van der Waals surface area contributed by atoms with Crippen molar-refractivity contribution in [3.63, 3.8) is 0 Å². The molecule has 0 N–H and O–H groups in total. The Bertz CT molecular complexity index is 164. The van der Waals surface area contributed by atoms with Gasteiger partial charge in [0, 0.05) is 13.1 Å². The lowest BCUT2D eigenvalue weighted by molar-refractivity contribution is -0.140. The molecular weight excluding hydrogens is 178 g/mol. The molecule has 0 unspecified atom stereocenters. The van der Waals surface area contributed by atoms with Gasteiger partial charge in [-0.15, -0.1) is 0 Å². The summed E-state index contributed by atoms with van der Waals surface area (Å²) in [5.41, 5.74) is 0. The van der Waals surface area contributed by atoms with Crippen LogP contribution in [0.3, 0.4) is 0 Å². The standard InChI is InChI=1S/C8H14ClNO2/c1-3-5-10(6-4-2)8(12)7(9)11/h3-6H2,1-2H3. The Morgan fingerprint density at radius 2 is 1.58 bits per heavy atom. The van der Waals surface area contributed by atoms with Crippen molar-refractivity contribution in [2.24, 2.45) is 0 Å². The van der Waals surface area contributed by atoms with Crippen LogP contribution in [-0.4, -0.2) is 29.1 Å². The van der Waals surface area contributed by atoms with Gasteiger partial charge in [0.2, 0.25) is 0 Å². The van der Waals surface area contributed by atoms with Gasteiger partial charge in [-0.3, -0.25) is 9.59 Å². The number of carbonyl (C=O) groups is 2. The van der Waals surface area contributed by atoms with E-state index < -0.39 is 11.1 Å². The Kier molecular flexibility index (Phi) is 5.72. The van der Waals surface area contributed by atoms with E-state index in [1.165, 1.54) is 4.90 Å². The number of hydrogen-bond acceptors (Lipinski definition) is 2. The van der Waals surface area contributed by atoms with Crippen LogP contribution in [0.25, 0.3) is 0 Å². The molecule has 0 radical (unpaired) electrons. The molecule has 0 rings (SSSR count). The molecule has 0 spiro atoms. The second-order valence-electron chi connectivity index (χ2n) is 2.57. The van der Waals surface area contributed by atoms with Crippen molar-refractivity contribution in [3.8, 4) is 0 Å². The molecule has 0 aromatic heterocycles. The van der Waals surface area contributed by atoms with Crippen LogP contribution in [0.5, 0.6) is 0 Å². The Balaban J connectivity index is 4.08.